The van der Waals surface area contributed by atoms with Crippen LogP contribution in [0.25, 0.3) is 105 Å². The van der Waals surface area contributed by atoms with Crippen LogP contribution in [0.15, 0.2) is 322 Å². The fourth-order valence-corrected chi connectivity index (χ4v) is 16.3. The number of rotatable bonds is 15. The summed E-state index contributed by atoms with van der Waals surface area (Å²) in [6.45, 7) is 16.1. The van der Waals surface area contributed by atoms with Crippen LogP contribution in [-0.4, -0.2) is 11.3 Å². The van der Waals surface area contributed by atoms with Crippen LogP contribution in [0.3, 0.4) is 0 Å². The molecule has 3 heterocycles. The number of benzene rings is 14. The fraction of sp³-hybridized carbons (Fsp3) is 0.143. The third kappa shape index (κ3) is 11.5. The molecule has 0 saturated heterocycles. The van der Waals surface area contributed by atoms with Gasteiger partial charge in [0.25, 0.3) is 6.71 Å². The van der Waals surface area contributed by atoms with Crippen molar-refractivity contribution >= 4 is 79.0 Å². The van der Waals surface area contributed by atoms with Crippen LogP contribution in [0.2, 0.25) is 0 Å². The lowest BCUT2D eigenvalue weighted by atomic mass is 9.33. The fourth-order valence-electron chi connectivity index (χ4n) is 16.3. The van der Waals surface area contributed by atoms with E-state index in [1.54, 1.807) is 0 Å². The van der Waals surface area contributed by atoms with Crippen LogP contribution in [0.5, 0.6) is 0 Å². The maximum atomic E-state index is 2.76. The first kappa shape index (κ1) is 64.0. The summed E-state index contributed by atoms with van der Waals surface area (Å²) in [5.74, 6) is 0. The normalized spacial score (nSPS) is 12.6. The van der Waals surface area contributed by atoms with E-state index in [0.29, 0.717) is 0 Å². The number of fused-ring (bicyclic) bond motifs is 7. The Morgan fingerprint density at radius 2 is 0.686 bits per heavy atom. The van der Waals surface area contributed by atoms with Crippen molar-refractivity contribution in [2.75, 3.05) is 9.80 Å². The predicted octanol–water partition coefficient (Wildman–Crippen LogP) is 25.3. The van der Waals surface area contributed by atoms with Gasteiger partial charge in [0.05, 0.1) is 22.4 Å². The smallest absolute Gasteiger partial charge is 0.252 e. The molecular formula is C98H84BN3. The van der Waals surface area contributed by atoms with Gasteiger partial charge in [0.15, 0.2) is 0 Å². The van der Waals surface area contributed by atoms with Gasteiger partial charge in [0, 0.05) is 61.5 Å². The second-order valence-corrected chi connectivity index (χ2v) is 30.2. The van der Waals surface area contributed by atoms with Crippen LogP contribution in [0.1, 0.15) is 90.8 Å². The van der Waals surface area contributed by atoms with Crippen molar-refractivity contribution in [3.8, 4) is 83.6 Å². The molecule has 4 heteroatoms. The molecule has 0 bridgehead atoms. The Kier molecular flexibility index (Phi) is 16.5. The molecule has 3 nitrogen and oxygen atoms in total. The van der Waals surface area contributed by atoms with Crippen molar-refractivity contribution in [2.24, 2.45) is 0 Å². The van der Waals surface area contributed by atoms with Gasteiger partial charge in [-0.25, -0.2) is 0 Å². The maximum Gasteiger partial charge on any atom is 0.252 e. The first-order chi connectivity index (χ1) is 49.8. The molecule has 14 aromatic carbocycles. The molecule has 17 rings (SSSR count). The highest BCUT2D eigenvalue weighted by molar-refractivity contribution is 7.00. The van der Waals surface area contributed by atoms with E-state index in [0.717, 1.165) is 98.5 Å². The molecule has 0 spiro atoms. The molecule has 2 aliphatic heterocycles. The molecule has 1 aromatic heterocycles. The molecule has 2 aliphatic rings. The molecule has 0 aliphatic carbocycles. The second-order valence-electron chi connectivity index (χ2n) is 30.2. The Hall–Kier alpha value is -11.5. The van der Waals surface area contributed by atoms with Crippen LogP contribution in [0, 0.1) is 0 Å². The van der Waals surface area contributed by atoms with E-state index in [-0.39, 0.29) is 17.5 Å². The Balaban J connectivity index is 1.05. The minimum atomic E-state index is -0.214. The molecule has 494 valence electrons. The average Bonchev–Trinajstić information content (AvgIpc) is 0.735. The molecule has 0 amide bonds. The number of aromatic nitrogens is 1. The van der Waals surface area contributed by atoms with Crippen LogP contribution in [-0.2, 0) is 17.3 Å². The Morgan fingerprint density at radius 1 is 0.294 bits per heavy atom. The summed E-state index contributed by atoms with van der Waals surface area (Å²) in [6.07, 6.45) is 5.49. The zero-order valence-electron chi connectivity index (χ0n) is 59.6. The average molecular weight is 1310 g/mol. The number of aryl methyl sites for hydroxylation is 1. The van der Waals surface area contributed by atoms with Crippen molar-refractivity contribution in [3.63, 3.8) is 0 Å². The molecule has 0 fully saturated rings. The highest BCUT2D eigenvalue weighted by Gasteiger charge is 2.46. The van der Waals surface area contributed by atoms with Crippen LogP contribution >= 0.6 is 0 Å². The third-order valence-electron chi connectivity index (χ3n) is 21.5. The summed E-state index contributed by atoms with van der Waals surface area (Å²) in [7, 11) is 0. The molecule has 0 saturated carbocycles. The molecule has 0 radical (unpaired) electrons. The molecule has 0 atom stereocenters. The summed E-state index contributed by atoms with van der Waals surface area (Å²) < 4.78 is 2.57. The van der Waals surface area contributed by atoms with Crippen LogP contribution < -0.4 is 26.2 Å². The second kappa shape index (κ2) is 26.2. The minimum absolute atomic E-state index is 0.0509. The number of anilines is 6. The standard InChI is InChI=1S/C98H84BN3/c1-8-9-10-18-33-66-56-92-94-93(57-66)102(96-82(72-44-29-16-30-45-72)60-76(69-38-23-13-24-39-69)61-83(96)73-46-31-17-32-47-73)91-65-79(100-88-54-49-77(97(2,3)4)63-84(88)85-64-78(98(5,6)7)50-55-89(85)100)51-52-86(91)99(94)87-62-74(67-34-19-11-20-35-67)48-53-90(87)101(92)95-80(70-40-25-14-26-41-70)58-75(68-36-21-12-22-37-68)59-81(95)71-42-27-15-28-43-71/h11-17,19-32,34-65H,8-10,18,33H2,1-7H3. The van der Waals surface area contributed by atoms with Gasteiger partial charge in [-0.1, -0.05) is 310 Å². The van der Waals surface area contributed by atoms with Gasteiger partial charge < -0.3 is 14.4 Å². The van der Waals surface area contributed by atoms with Gasteiger partial charge in [-0.15, -0.1) is 0 Å². The van der Waals surface area contributed by atoms with E-state index in [2.05, 4.69) is 384 Å². The zero-order valence-corrected chi connectivity index (χ0v) is 59.6. The van der Waals surface area contributed by atoms with Crippen molar-refractivity contribution in [1.82, 2.24) is 4.57 Å². The van der Waals surface area contributed by atoms with E-state index in [1.165, 1.54) is 106 Å². The van der Waals surface area contributed by atoms with Gasteiger partial charge >= 0.3 is 0 Å². The van der Waals surface area contributed by atoms with Crippen molar-refractivity contribution in [2.45, 2.75) is 91.4 Å². The molecular weight excluding hydrogens is 1230 g/mol. The van der Waals surface area contributed by atoms with Gasteiger partial charge in [-0.05, 0) is 191 Å². The van der Waals surface area contributed by atoms with E-state index in [1.807, 2.05) is 0 Å². The summed E-state index contributed by atoms with van der Waals surface area (Å²) in [5, 5.41) is 2.54. The molecule has 102 heavy (non-hydrogen) atoms. The lowest BCUT2D eigenvalue weighted by Crippen LogP contribution is -2.61. The van der Waals surface area contributed by atoms with Crippen molar-refractivity contribution in [1.29, 1.82) is 0 Å². The summed E-state index contributed by atoms with van der Waals surface area (Å²) >= 11 is 0. The maximum absolute atomic E-state index is 2.76. The summed E-state index contributed by atoms with van der Waals surface area (Å²) in [4.78, 5) is 5.47. The van der Waals surface area contributed by atoms with Crippen molar-refractivity contribution < 1.29 is 0 Å². The quantitative estimate of drug-likeness (QED) is 0.0749. The minimum Gasteiger partial charge on any atom is -0.310 e. The lowest BCUT2D eigenvalue weighted by Gasteiger charge is -2.46. The molecule has 15 aromatic rings. The summed E-state index contributed by atoms with van der Waals surface area (Å²) in [6, 6.07) is 122. The van der Waals surface area contributed by atoms with E-state index in [4.69, 9.17) is 0 Å². The zero-order chi connectivity index (χ0) is 69.2. The number of unbranched alkanes of at least 4 members (excludes halogenated alkanes) is 3. The highest BCUT2D eigenvalue weighted by Crippen LogP contribution is 2.55. The van der Waals surface area contributed by atoms with Gasteiger partial charge in [0.1, 0.15) is 0 Å². The molecule has 0 unspecified atom stereocenters. The summed E-state index contributed by atoms with van der Waals surface area (Å²) in [5.41, 5.74) is 34.4. The monoisotopic (exact) mass is 1310 g/mol. The number of hydrogen-bond acceptors (Lipinski definition) is 2. The number of hydrogen-bond donors (Lipinski definition) is 0. The third-order valence-corrected chi connectivity index (χ3v) is 21.5. The number of nitrogens with zero attached hydrogens (tertiary/aromatic N) is 3. The lowest BCUT2D eigenvalue weighted by molar-refractivity contribution is 0.590. The van der Waals surface area contributed by atoms with Crippen LogP contribution in [0.4, 0.5) is 34.1 Å². The largest absolute Gasteiger partial charge is 0.310 e. The Morgan fingerprint density at radius 3 is 1.09 bits per heavy atom. The first-order valence-corrected chi connectivity index (χ1v) is 36.7. The first-order valence-electron chi connectivity index (χ1n) is 36.7. The molecule has 0 N–H and O–H groups in total. The van der Waals surface area contributed by atoms with E-state index < -0.39 is 0 Å². The van der Waals surface area contributed by atoms with Gasteiger partial charge in [-0.3, -0.25) is 0 Å². The van der Waals surface area contributed by atoms with E-state index in [9.17, 15) is 0 Å². The SMILES string of the molecule is CCCCCCc1cc2c3c(c1)N(c1c(-c4ccccc4)cc(-c4ccccc4)cc1-c1ccccc1)c1cc(-n4c5ccc(C(C)(C)C)cc5c5cc(C(C)(C)C)ccc54)ccc1B3c1cc(-c3ccccc3)ccc1N2c1c(-c2ccccc2)cc(-c2ccccc2)cc1-c1ccccc1. The highest BCUT2D eigenvalue weighted by atomic mass is 15.2. The predicted molar refractivity (Wildman–Crippen MR) is 438 cm³/mol. The van der Waals surface area contributed by atoms with Crippen molar-refractivity contribution in [3.05, 3.63) is 338 Å². The Labute approximate surface area is 602 Å². The van der Waals surface area contributed by atoms with Gasteiger partial charge in [-0.2, -0.15) is 0 Å². The van der Waals surface area contributed by atoms with E-state index >= 15 is 0 Å². The van der Waals surface area contributed by atoms with Gasteiger partial charge in [0.2, 0.25) is 0 Å². The topological polar surface area (TPSA) is 11.4 Å². The Bertz CT molecular complexity index is 5420.